The lowest BCUT2D eigenvalue weighted by molar-refractivity contribution is 0.0904. The molecule has 0 spiro atoms. The van der Waals surface area contributed by atoms with Gasteiger partial charge >= 0.3 is 0 Å². The largest absolute Gasteiger partial charge is 0.388 e. The monoisotopic (exact) mass is 280 g/mol. The fraction of sp³-hybridized carbons (Fsp3) is 0.176. The van der Waals surface area contributed by atoms with Gasteiger partial charge in [-0.3, -0.25) is 4.79 Å². The molecule has 4 heteroatoms. The van der Waals surface area contributed by atoms with Gasteiger partial charge in [0.1, 0.15) is 12.4 Å². The first-order chi connectivity index (χ1) is 10.2. The number of hydrogen-bond acceptors (Lipinski definition) is 3. The highest BCUT2D eigenvalue weighted by molar-refractivity contribution is 5.99. The molecule has 0 bridgehead atoms. The molecule has 0 aliphatic carbocycles. The molecule has 0 atom stereocenters. The number of aliphatic hydroxyl groups is 1. The highest BCUT2D eigenvalue weighted by Crippen LogP contribution is 2.22. The van der Waals surface area contributed by atoms with Crippen molar-refractivity contribution in [2.24, 2.45) is 0 Å². The van der Waals surface area contributed by atoms with E-state index in [4.69, 9.17) is 5.11 Å². The maximum atomic E-state index is 11.5. The van der Waals surface area contributed by atoms with E-state index in [1.54, 1.807) is 18.2 Å². The minimum atomic E-state index is -0.481. The second kappa shape index (κ2) is 5.50. The minimum Gasteiger partial charge on any atom is -0.388 e. The number of ketones is 1. The van der Waals surface area contributed by atoms with Crippen molar-refractivity contribution in [1.29, 1.82) is 0 Å². The number of fused-ring (bicyclic) bond motifs is 1. The zero-order chi connectivity index (χ0) is 14.8. The van der Waals surface area contributed by atoms with E-state index in [1.165, 1.54) is 5.56 Å². The summed E-state index contributed by atoms with van der Waals surface area (Å²) < 4.78 is 0. The van der Waals surface area contributed by atoms with Gasteiger partial charge in [-0.1, -0.05) is 31.2 Å². The zero-order valence-electron chi connectivity index (χ0n) is 11.8. The summed E-state index contributed by atoms with van der Waals surface area (Å²) >= 11 is 0. The number of aromatic amines is 1. The van der Waals surface area contributed by atoms with Crippen molar-refractivity contribution in [3.05, 3.63) is 53.6 Å². The van der Waals surface area contributed by atoms with Crippen LogP contribution in [-0.4, -0.2) is 27.5 Å². The van der Waals surface area contributed by atoms with Gasteiger partial charge in [0.05, 0.1) is 11.0 Å². The smallest absolute Gasteiger partial charge is 0.188 e. The molecule has 3 aromatic rings. The van der Waals surface area contributed by atoms with Gasteiger partial charge in [0, 0.05) is 11.1 Å². The predicted octanol–water partition coefficient (Wildman–Crippen LogP) is 2.97. The van der Waals surface area contributed by atoms with Crippen molar-refractivity contribution in [3.8, 4) is 11.4 Å². The number of Topliss-reactive ketones (excluding diaryl/α,β-unsaturated/α-hetero) is 1. The van der Waals surface area contributed by atoms with E-state index in [0.29, 0.717) is 5.56 Å². The molecule has 0 amide bonds. The van der Waals surface area contributed by atoms with Crippen LogP contribution in [-0.2, 0) is 6.42 Å². The third kappa shape index (κ3) is 2.58. The number of imidazole rings is 1. The Kier molecular flexibility index (Phi) is 3.54. The van der Waals surface area contributed by atoms with Gasteiger partial charge in [0.25, 0.3) is 0 Å². The Morgan fingerprint density at radius 3 is 2.62 bits per heavy atom. The van der Waals surface area contributed by atoms with Crippen molar-refractivity contribution in [3.63, 3.8) is 0 Å². The number of aromatic nitrogens is 2. The molecule has 4 nitrogen and oxygen atoms in total. The van der Waals surface area contributed by atoms with Gasteiger partial charge in [-0.25, -0.2) is 4.98 Å². The van der Waals surface area contributed by atoms with Crippen molar-refractivity contribution >= 4 is 16.8 Å². The molecule has 0 aliphatic rings. The maximum Gasteiger partial charge on any atom is 0.188 e. The number of nitrogens with zero attached hydrogens (tertiary/aromatic N) is 1. The van der Waals surface area contributed by atoms with E-state index < -0.39 is 6.61 Å². The first-order valence-corrected chi connectivity index (χ1v) is 6.94. The molecular weight excluding hydrogens is 264 g/mol. The second-order valence-corrected chi connectivity index (χ2v) is 4.95. The standard InChI is InChI=1S/C17H16N2O2/c1-2-11-3-5-12(6-4-11)17-18-14-8-7-13(16(21)10-20)9-15(14)19-17/h3-9,20H,2,10H2,1H3,(H,18,19). The van der Waals surface area contributed by atoms with Crippen LogP contribution in [0.1, 0.15) is 22.8 Å². The summed E-state index contributed by atoms with van der Waals surface area (Å²) in [5, 5.41) is 8.92. The van der Waals surface area contributed by atoms with Crippen LogP contribution < -0.4 is 0 Å². The van der Waals surface area contributed by atoms with Crippen LogP contribution in [0.15, 0.2) is 42.5 Å². The SMILES string of the molecule is CCc1ccc(-c2nc3ccc(C(=O)CO)cc3[nH]2)cc1. The Hall–Kier alpha value is -2.46. The molecule has 1 aromatic heterocycles. The Balaban J connectivity index is 2.01. The molecule has 0 saturated heterocycles. The van der Waals surface area contributed by atoms with E-state index in [2.05, 4.69) is 29.0 Å². The van der Waals surface area contributed by atoms with E-state index in [1.807, 2.05) is 12.1 Å². The second-order valence-electron chi connectivity index (χ2n) is 4.95. The number of carbonyl (C=O) groups excluding carboxylic acids is 1. The van der Waals surface area contributed by atoms with Crippen molar-refractivity contribution in [2.75, 3.05) is 6.61 Å². The molecular formula is C17H16N2O2. The first-order valence-electron chi connectivity index (χ1n) is 6.94. The molecule has 0 saturated carbocycles. The molecule has 0 fully saturated rings. The number of rotatable bonds is 4. The number of hydrogen-bond donors (Lipinski definition) is 2. The fourth-order valence-electron chi connectivity index (χ4n) is 2.31. The quantitative estimate of drug-likeness (QED) is 0.722. The molecule has 0 aliphatic heterocycles. The number of nitrogens with one attached hydrogen (secondary N) is 1. The van der Waals surface area contributed by atoms with Crippen LogP contribution in [0.25, 0.3) is 22.4 Å². The van der Waals surface area contributed by atoms with Crippen LogP contribution in [0.3, 0.4) is 0 Å². The fourth-order valence-corrected chi connectivity index (χ4v) is 2.31. The summed E-state index contributed by atoms with van der Waals surface area (Å²) in [5.74, 6) is 0.488. The third-order valence-corrected chi connectivity index (χ3v) is 3.58. The van der Waals surface area contributed by atoms with Crippen LogP contribution >= 0.6 is 0 Å². The average molecular weight is 280 g/mol. The van der Waals surface area contributed by atoms with Gasteiger partial charge in [-0.15, -0.1) is 0 Å². The highest BCUT2D eigenvalue weighted by Gasteiger charge is 2.09. The predicted molar refractivity (Wildman–Crippen MR) is 82.3 cm³/mol. The van der Waals surface area contributed by atoms with Gasteiger partial charge in [-0.2, -0.15) is 0 Å². The average Bonchev–Trinajstić information content (AvgIpc) is 2.97. The van der Waals surface area contributed by atoms with Gasteiger partial charge in [0.15, 0.2) is 5.78 Å². The number of H-pyrrole nitrogens is 1. The topological polar surface area (TPSA) is 66.0 Å². The lowest BCUT2D eigenvalue weighted by atomic mass is 10.1. The first kappa shape index (κ1) is 13.5. The van der Waals surface area contributed by atoms with Crippen LogP contribution in [0.5, 0.6) is 0 Å². The van der Waals surface area contributed by atoms with Crippen LogP contribution in [0.4, 0.5) is 0 Å². The number of aryl methyl sites for hydroxylation is 1. The van der Waals surface area contributed by atoms with E-state index >= 15 is 0 Å². The summed E-state index contributed by atoms with van der Waals surface area (Å²) in [5.41, 5.74) is 4.38. The summed E-state index contributed by atoms with van der Waals surface area (Å²) in [6.07, 6.45) is 1.01. The van der Waals surface area contributed by atoms with E-state index in [0.717, 1.165) is 28.8 Å². The molecule has 2 aromatic carbocycles. The van der Waals surface area contributed by atoms with E-state index in [-0.39, 0.29) is 5.78 Å². The zero-order valence-corrected chi connectivity index (χ0v) is 11.8. The highest BCUT2D eigenvalue weighted by atomic mass is 16.3. The molecule has 0 radical (unpaired) electrons. The molecule has 21 heavy (non-hydrogen) atoms. The minimum absolute atomic E-state index is 0.291. The van der Waals surface area contributed by atoms with Crippen molar-refractivity contribution < 1.29 is 9.90 Å². The number of carbonyl (C=O) groups is 1. The summed E-state index contributed by atoms with van der Waals surface area (Å²) in [4.78, 5) is 19.3. The third-order valence-electron chi connectivity index (χ3n) is 3.58. The molecule has 106 valence electrons. The van der Waals surface area contributed by atoms with Crippen LogP contribution in [0.2, 0.25) is 0 Å². The van der Waals surface area contributed by atoms with Gasteiger partial charge in [0.2, 0.25) is 0 Å². The molecule has 2 N–H and O–H groups in total. The summed E-state index contributed by atoms with van der Waals surface area (Å²) in [7, 11) is 0. The van der Waals surface area contributed by atoms with Crippen molar-refractivity contribution in [2.45, 2.75) is 13.3 Å². The lowest BCUT2D eigenvalue weighted by Crippen LogP contribution is -2.03. The molecule has 1 heterocycles. The normalized spacial score (nSPS) is 11.0. The number of benzene rings is 2. The van der Waals surface area contributed by atoms with Gasteiger partial charge in [-0.05, 0) is 30.2 Å². The Morgan fingerprint density at radius 2 is 1.95 bits per heavy atom. The Labute approximate surface area is 122 Å². The molecule has 3 rings (SSSR count). The Bertz CT molecular complexity index is 788. The molecule has 0 unspecified atom stereocenters. The Morgan fingerprint density at radius 1 is 1.19 bits per heavy atom. The number of aliphatic hydroxyl groups excluding tert-OH is 1. The lowest BCUT2D eigenvalue weighted by Gasteiger charge is -1.98. The maximum absolute atomic E-state index is 11.5. The van der Waals surface area contributed by atoms with Gasteiger partial charge < -0.3 is 10.1 Å². The summed E-state index contributed by atoms with van der Waals surface area (Å²) in [6, 6.07) is 13.5. The van der Waals surface area contributed by atoms with Crippen molar-refractivity contribution in [1.82, 2.24) is 9.97 Å². The summed E-state index contributed by atoms with van der Waals surface area (Å²) in [6.45, 7) is 1.64. The van der Waals surface area contributed by atoms with E-state index in [9.17, 15) is 4.79 Å². The van der Waals surface area contributed by atoms with Crippen LogP contribution in [0, 0.1) is 0 Å².